The quantitative estimate of drug-likeness (QED) is 0.852. The molecule has 1 saturated carbocycles. The fourth-order valence-corrected chi connectivity index (χ4v) is 3.94. The number of amides is 2. The summed E-state index contributed by atoms with van der Waals surface area (Å²) >= 11 is 0. The molecule has 128 valence electrons. The van der Waals surface area contributed by atoms with E-state index in [1.165, 1.54) is 5.56 Å². The fourth-order valence-electron chi connectivity index (χ4n) is 3.94. The van der Waals surface area contributed by atoms with Crippen molar-refractivity contribution in [2.75, 3.05) is 19.6 Å². The molecule has 2 heterocycles. The molecule has 0 spiro atoms. The van der Waals surface area contributed by atoms with Gasteiger partial charge in [0.05, 0.1) is 6.04 Å². The number of carbonyl (C=O) groups is 2. The van der Waals surface area contributed by atoms with E-state index in [-0.39, 0.29) is 23.8 Å². The Morgan fingerprint density at radius 1 is 1.29 bits per heavy atom. The molecule has 1 aromatic carbocycles. The van der Waals surface area contributed by atoms with E-state index in [4.69, 9.17) is 0 Å². The molecule has 4 unspecified atom stereocenters. The van der Waals surface area contributed by atoms with E-state index in [9.17, 15) is 9.59 Å². The summed E-state index contributed by atoms with van der Waals surface area (Å²) in [5, 5.41) is 6.30. The minimum absolute atomic E-state index is 0.0217. The average Bonchev–Trinajstić information content (AvgIpc) is 3.24. The summed E-state index contributed by atoms with van der Waals surface area (Å²) in [5.41, 5.74) is 1.31. The number of carbonyl (C=O) groups excluding carboxylic acids is 2. The van der Waals surface area contributed by atoms with Crippen molar-refractivity contribution >= 4 is 11.8 Å². The van der Waals surface area contributed by atoms with Crippen LogP contribution in [0.5, 0.6) is 0 Å². The summed E-state index contributed by atoms with van der Waals surface area (Å²) in [7, 11) is 0. The van der Waals surface area contributed by atoms with E-state index in [0.717, 1.165) is 19.5 Å². The lowest BCUT2D eigenvalue weighted by atomic mass is 9.88. The molecule has 0 bridgehead atoms. The summed E-state index contributed by atoms with van der Waals surface area (Å²) < 4.78 is 0. The molecule has 2 amide bonds. The van der Waals surface area contributed by atoms with Gasteiger partial charge in [-0.25, -0.2) is 0 Å². The molecule has 5 heteroatoms. The predicted molar refractivity (Wildman–Crippen MR) is 91.4 cm³/mol. The second-order valence-corrected chi connectivity index (χ2v) is 7.48. The van der Waals surface area contributed by atoms with Crippen LogP contribution in [0.1, 0.15) is 31.2 Å². The van der Waals surface area contributed by atoms with Crippen LogP contribution in [0.2, 0.25) is 0 Å². The van der Waals surface area contributed by atoms with Gasteiger partial charge in [0, 0.05) is 30.8 Å². The van der Waals surface area contributed by atoms with E-state index < -0.39 is 0 Å². The van der Waals surface area contributed by atoms with Crippen molar-refractivity contribution in [3.05, 3.63) is 35.9 Å². The van der Waals surface area contributed by atoms with E-state index in [0.29, 0.717) is 30.8 Å². The minimum Gasteiger partial charge on any atom is -0.351 e. The lowest BCUT2D eigenvalue weighted by molar-refractivity contribution is -0.128. The average molecular weight is 327 g/mol. The van der Waals surface area contributed by atoms with Crippen molar-refractivity contribution in [3.8, 4) is 0 Å². The van der Waals surface area contributed by atoms with Gasteiger partial charge in [-0.1, -0.05) is 37.3 Å². The van der Waals surface area contributed by atoms with Gasteiger partial charge in [0.25, 0.3) is 0 Å². The van der Waals surface area contributed by atoms with E-state index in [1.54, 1.807) is 0 Å². The van der Waals surface area contributed by atoms with Gasteiger partial charge in [-0.05, 0) is 31.0 Å². The lowest BCUT2D eigenvalue weighted by Crippen LogP contribution is -2.51. The molecular formula is C19H25N3O2. The SMILES string of the molecule is CC(C(=O)NC1CC(=O)N(C2CC2c2ccccc2)C1)C1CNC1. The monoisotopic (exact) mass is 327 g/mol. The van der Waals surface area contributed by atoms with Gasteiger partial charge in [-0.3, -0.25) is 9.59 Å². The highest BCUT2D eigenvalue weighted by molar-refractivity contribution is 5.83. The zero-order valence-electron chi connectivity index (χ0n) is 14.1. The highest BCUT2D eigenvalue weighted by Gasteiger charge is 2.48. The molecule has 2 N–H and O–H groups in total. The van der Waals surface area contributed by atoms with Gasteiger partial charge in [-0.2, -0.15) is 0 Å². The first-order valence-corrected chi connectivity index (χ1v) is 8.99. The number of nitrogens with zero attached hydrogens (tertiary/aromatic N) is 1. The Balaban J connectivity index is 1.32. The van der Waals surface area contributed by atoms with Crippen molar-refractivity contribution in [2.24, 2.45) is 11.8 Å². The summed E-state index contributed by atoms with van der Waals surface area (Å²) in [6.07, 6.45) is 1.49. The Bertz CT molecular complexity index is 629. The third-order valence-corrected chi connectivity index (χ3v) is 5.82. The highest BCUT2D eigenvalue weighted by atomic mass is 16.2. The molecule has 0 radical (unpaired) electrons. The smallest absolute Gasteiger partial charge is 0.225 e. The maximum absolute atomic E-state index is 12.4. The second-order valence-electron chi connectivity index (χ2n) is 7.48. The van der Waals surface area contributed by atoms with Crippen molar-refractivity contribution in [1.82, 2.24) is 15.5 Å². The summed E-state index contributed by atoms with van der Waals surface area (Å²) in [4.78, 5) is 26.7. The zero-order chi connectivity index (χ0) is 16.7. The van der Waals surface area contributed by atoms with Crippen LogP contribution >= 0.6 is 0 Å². The summed E-state index contributed by atoms with van der Waals surface area (Å²) in [6, 6.07) is 10.7. The fraction of sp³-hybridized carbons (Fsp3) is 0.579. The first kappa shape index (κ1) is 15.6. The van der Waals surface area contributed by atoms with Crippen LogP contribution in [-0.4, -0.2) is 48.4 Å². The molecule has 3 aliphatic rings. The van der Waals surface area contributed by atoms with Crippen LogP contribution in [0.25, 0.3) is 0 Å². The second kappa shape index (κ2) is 6.20. The first-order chi connectivity index (χ1) is 11.6. The van der Waals surface area contributed by atoms with Gasteiger partial charge in [0.1, 0.15) is 0 Å². The standard InChI is InChI=1S/C19H25N3O2/c1-12(14-9-20-10-14)19(24)21-15-7-18(23)22(11-15)17-8-16(17)13-5-3-2-4-6-13/h2-6,12,14-17,20H,7-11H2,1H3,(H,21,24). The molecule has 1 aromatic rings. The molecule has 3 fully saturated rings. The van der Waals surface area contributed by atoms with Gasteiger partial charge < -0.3 is 15.5 Å². The van der Waals surface area contributed by atoms with Crippen LogP contribution in [0, 0.1) is 11.8 Å². The van der Waals surface area contributed by atoms with Gasteiger partial charge in [0.2, 0.25) is 11.8 Å². The Labute approximate surface area is 142 Å². The number of benzene rings is 1. The van der Waals surface area contributed by atoms with Crippen LogP contribution < -0.4 is 10.6 Å². The number of hydrogen-bond donors (Lipinski definition) is 2. The van der Waals surface area contributed by atoms with Gasteiger partial charge in [0.15, 0.2) is 0 Å². The molecule has 2 saturated heterocycles. The van der Waals surface area contributed by atoms with Crippen LogP contribution in [0.3, 0.4) is 0 Å². The molecule has 5 nitrogen and oxygen atoms in total. The maximum atomic E-state index is 12.4. The maximum Gasteiger partial charge on any atom is 0.225 e. The Morgan fingerprint density at radius 2 is 2.04 bits per heavy atom. The molecular weight excluding hydrogens is 302 g/mol. The largest absolute Gasteiger partial charge is 0.351 e. The van der Waals surface area contributed by atoms with Gasteiger partial charge >= 0.3 is 0 Å². The third-order valence-electron chi connectivity index (χ3n) is 5.82. The van der Waals surface area contributed by atoms with Crippen LogP contribution in [-0.2, 0) is 9.59 Å². The Kier molecular flexibility index (Phi) is 4.04. The highest BCUT2D eigenvalue weighted by Crippen LogP contribution is 2.45. The van der Waals surface area contributed by atoms with Crippen molar-refractivity contribution in [2.45, 2.75) is 37.8 Å². The number of likely N-dealkylation sites (tertiary alicyclic amines) is 1. The van der Waals surface area contributed by atoms with Crippen molar-refractivity contribution < 1.29 is 9.59 Å². The van der Waals surface area contributed by atoms with E-state index in [2.05, 4.69) is 34.9 Å². The Morgan fingerprint density at radius 3 is 2.71 bits per heavy atom. The molecule has 2 aliphatic heterocycles. The number of hydrogen-bond acceptors (Lipinski definition) is 3. The van der Waals surface area contributed by atoms with Crippen LogP contribution in [0.15, 0.2) is 30.3 Å². The topological polar surface area (TPSA) is 61.4 Å². The molecule has 4 rings (SSSR count). The Hall–Kier alpha value is -1.88. The van der Waals surface area contributed by atoms with Crippen LogP contribution in [0.4, 0.5) is 0 Å². The summed E-state index contributed by atoms with van der Waals surface area (Å²) in [5.74, 6) is 1.19. The van der Waals surface area contributed by atoms with Gasteiger partial charge in [-0.15, -0.1) is 0 Å². The number of nitrogens with one attached hydrogen (secondary N) is 2. The van der Waals surface area contributed by atoms with Crippen molar-refractivity contribution in [1.29, 1.82) is 0 Å². The summed E-state index contributed by atoms with van der Waals surface area (Å²) in [6.45, 7) is 4.49. The van der Waals surface area contributed by atoms with E-state index in [1.807, 2.05) is 17.9 Å². The molecule has 0 aromatic heterocycles. The zero-order valence-corrected chi connectivity index (χ0v) is 14.1. The predicted octanol–water partition coefficient (Wildman–Crippen LogP) is 1.12. The van der Waals surface area contributed by atoms with E-state index >= 15 is 0 Å². The normalized spacial score (nSPS) is 30.8. The third kappa shape index (κ3) is 2.93. The first-order valence-electron chi connectivity index (χ1n) is 8.99. The lowest BCUT2D eigenvalue weighted by Gasteiger charge is -2.32. The minimum atomic E-state index is -0.0301. The number of rotatable bonds is 5. The molecule has 1 aliphatic carbocycles. The molecule has 4 atom stereocenters. The molecule has 24 heavy (non-hydrogen) atoms. The van der Waals surface area contributed by atoms with Crippen molar-refractivity contribution in [3.63, 3.8) is 0 Å².